The highest BCUT2D eigenvalue weighted by molar-refractivity contribution is 7.09. The molecule has 0 radical (unpaired) electrons. The van der Waals surface area contributed by atoms with Gasteiger partial charge in [0.15, 0.2) is 0 Å². The number of thiazole rings is 1. The topological polar surface area (TPSA) is 42.7 Å². The molecule has 0 spiro atoms. The molecule has 0 aliphatic heterocycles. The van der Waals surface area contributed by atoms with Gasteiger partial charge >= 0.3 is 0 Å². The first-order valence-corrected chi connectivity index (χ1v) is 7.20. The van der Waals surface area contributed by atoms with E-state index in [-0.39, 0.29) is 0 Å². The largest absolute Gasteiger partial charge is 0.309 e. The Labute approximate surface area is 112 Å². The lowest BCUT2D eigenvalue weighted by Crippen LogP contribution is -2.24. The molecule has 0 aliphatic rings. The number of aromatic nitrogens is 3. The summed E-state index contributed by atoms with van der Waals surface area (Å²) < 4.78 is 1.88. The third kappa shape index (κ3) is 3.17. The van der Waals surface area contributed by atoms with Crippen LogP contribution in [-0.4, -0.2) is 21.3 Å². The highest BCUT2D eigenvalue weighted by Crippen LogP contribution is 2.22. The Morgan fingerprint density at radius 3 is 2.89 bits per heavy atom. The summed E-state index contributed by atoms with van der Waals surface area (Å²) in [5, 5.41) is 11.2. The van der Waals surface area contributed by atoms with Crippen molar-refractivity contribution in [3.05, 3.63) is 34.0 Å². The Bertz CT molecular complexity index is 475. The lowest BCUT2D eigenvalue weighted by atomic mass is 10.1. The minimum atomic E-state index is 0.310. The van der Waals surface area contributed by atoms with E-state index in [2.05, 4.69) is 35.4 Å². The van der Waals surface area contributed by atoms with Crippen molar-refractivity contribution >= 4 is 11.3 Å². The molecule has 0 amide bonds. The predicted molar refractivity (Wildman–Crippen MR) is 74.8 cm³/mol. The Morgan fingerprint density at radius 1 is 1.50 bits per heavy atom. The molecule has 2 aromatic heterocycles. The zero-order valence-corrected chi connectivity index (χ0v) is 12.0. The molecule has 0 saturated heterocycles. The molecule has 0 aromatic carbocycles. The SMILES string of the molecule is CCCNC(Cc1nccs1)c1cn(C)nc1C. The van der Waals surface area contributed by atoms with E-state index in [0.29, 0.717) is 6.04 Å². The summed E-state index contributed by atoms with van der Waals surface area (Å²) >= 11 is 1.71. The average molecular weight is 264 g/mol. The minimum Gasteiger partial charge on any atom is -0.309 e. The van der Waals surface area contributed by atoms with Gasteiger partial charge in [-0.3, -0.25) is 4.68 Å². The second-order valence-electron chi connectivity index (χ2n) is 4.48. The van der Waals surface area contributed by atoms with Crippen LogP contribution >= 0.6 is 11.3 Å². The molecule has 0 fully saturated rings. The maximum absolute atomic E-state index is 4.43. The van der Waals surface area contributed by atoms with Gasteiger partial charge in [0.25, 0.3) is 0 Å². The van der Waals surface area contributed by atoms with Crippen molar-refractivity contribution in [1.29, 1.82) is 0 Å². The van der Waals surface area contributed by atoms with E-state index in [4.69, 9.17) is 0 Å². The minimum absolute atomic E-state index is 0.310. The van der Waals surface area contributed by atoms with Gasteiger partial charge in [0.1, 0.15) is 0 Å². The van der Waals surface area contributed by atoms with Gasteiger partial charge in [-0.1, -0.05) is 6.92 Å². The molecule has 18 heavy (non-hydrogen) atoms. The number of aryl methyl sites for hydroxylation is 2. The molecule has 2 heterocycles. The maximum atomic E-state index is 4.43. The number of rotatable bonds is 6. The van der Waals surface area contributed by atoms with Gasteiger partial charge in [-0.2, -0.15) is 5.10 Å². The van der Waals surface area contributed by atoms with Crippen LogP contribution in [0.3, 0.4) is 0 Å². The predicted octanol–water partition coefficient (Wildman–Crippen LogP) is 2.47. The molecule has 0 aliphatic carbocycles. The molecule has 0 saturated carbocycles. The van der Waals surface area contributed by atoms with E-state index >= 15 is 0 Å². The smallest absolute Gasteiger partial charge is 0.0943 e. The van der Waals surface area contributed by atoms with E-state index in [0.717, 1.165) is 25.1 Å². The summed E-state index contributed by atoms with van der Waals surface area (Å²) in [6.07, 6.45) is 6.04. The monoisotopic (exact) mass is 264 g/mol. The molecule has 1 unspecified atom stereocenters. The molecular formula is C13H20N4S. The van der Waals surface area contributed by atoms with Crippen LogP contribution < -0.4 is 5.32 Å². The van der Waals surface area contributed by atoms with Crippen LogP contribution in [0.1, 0.15) is 35.7 Å². The summed E-state index contributed by atoms with van der Waals surface area (Å²) in [5.74, 6) is 0. The molecule has 1 atom stereocenters. The fourth-order valence-corrected chi connectivity index (χ4v) is 2.76. The van der Waals surface area contributed by atoms with Crippen molar-refractivity contribution < 1.29 is 0 Å². The van der Waals surface area contributed by atoms with Crippen molar-refractivity contribution in [3.63, 3.8) is 0 Å². The number of hydrogen-bond acceptors (Lipinski definition) is 4. The van der Waals surface area contributed by atoms with Crippen molar-refractivity contribution in [2.75, 3.05) is 6.54 Å². The van der Waals surface area contributed by atoms with Crippen LogP contribution in [0.5, 0.6) is 0 Å². The van der Waals surface area contributed by atoms with Gasteiger partial charge in [0, 0.05) is 42.8 Å². The first kappa shape index (κ1) is 13.2. The first-order chi connectivity index (χ1) is 8.70. The van der Waals surface area contributed by atoms with Crippen molar-refractivity contribution in [1.82, 2.24) is 20.1 Å². The molecule has 1 N–H and O–H groups in total. The zero-order valence-electron chi connectivity index (χ0n) is 11.2. The van der Waals surface area contributed by atoms with E-state index in [1.54, 1.807) is 11.3 Å². The molecular weight excluding hydrogens is 244 g/mol. The van der Waals surface area contributed by atoms with Gasteiger partial charge in [-0.25, -0.2) is 4.98 Å². The van der Waals surface area contributed by atoms with Gasteiger partial charge in [0.2, 0.25) is 0 Å². The lowest BCUT2D eigenvalue weighted by Gasteiger charge is -2.16. The fourth-order valence-electron chi connectivity index (χ4n) is 2.10. The quantitative estimate of drug-likeness (QED) is 0.871. The Balaban J connectivity index is 2.16. The number of hydrogen-bond donors (Lipinski definition) is 1. The van der Waals surface area contributed by atoms with Crippen molar-refractivity contribution in [3.8, 4) is 0 Å². The van der Waals surface area contributed by atoms with Gasteiger partial charge < -0.3 is 5.32 Å². The van der Waals surface area contributed by atoms with Crippen LogP contribution in [0.4, 0.5) is 0 Å². The Morgan fingerprint density at radius 2 is 2.33 bits per heavy atom. The van der Waals surface area contributed by atoms with Crippen molar-refractivity contribution in [2.45, 2.75) is 32.7 Å². The highest BCUT2D eigenvalue weighted by Gasteiger charge is 2.17. The van der Waals surface area contributed by atoms with E-state index in [9.17, 15) is 0 Å². The summed E-state index contributed by atoms with van der Waals surface area (Å²) in [7, 11) is 1.97. The maximum Gasteiger partial charge on any atom is 0.0943 e. The molecule has 0 bridgehead atoms. The number of nitrogens with one attached hydrogen (secondary N) is 1. The molecule has 5 heteroatoms. The first-order valence-electron chi connectivity index (χ1n) is 6.32. The van der Waals surface area contributed by atoms with E-state index < -0.39 is 0 Å². The molecule has 2 aromatic rings. The third-order valence-corrected chi connectivity index (χ3v) is 3.73. The summed E-state index contributed by atoms with van der Waals surface area (Å²) in [6, 6.07) is 0.310. The summed E-state index contributed by atoms with van der Waals surface area (Å²) in [5.41, 5.74) is 2.38. The van der Waals surface area contributed by atoms with Crippen LogP contribution in [0, 0.1) is 6.92 Å². The van der Waals surface area contributed by atoms with Crippen molar-refractivity contribution in [2.24, 2.45) is 7.05 Å². The molecule has 2 rings (SSSR count). The van der Waals surface area contributed by atoms with Gasteiger partial charge in [0.05, 0.1) is 10.7 Å². The normalized spacial score (nSPS) is 12.8. The second-order valence-corrected chi connectivity index (χ2v) is 5.46. The van der Waals surface area contributed by atoms with E-state index in [1.807, 2.05) is 23.3 Å². The Kier molecular flexibility index (Phi) is 4.49. The van der Waals surface area contributed by atoms with Gasteiger partial charge in [-0.05, 0) is 19.9 Å². The third-order valence-electron chi connectivity index (χ3n) is 2.93. The van der Waals surface area contributed by atoms with Crippen LogP contribution in [0.2, 0.25) is 0 Å². The van der Waals surface area contributed by atoms with Crippen LogP contribution in [0.25, 0.3) is 0 Å². The second kappa shape index (κ2) is 6.11. The van der Waals surface area contributed by atoms with Crippen LogP contribution in [-0.2, 0) is 13.5 Å². The standard InChI is InChI=1S/C13H20N4S/c1-4-5-14-12(8-13-15-6-7-18-13)11-9-17(3)16-10(11)2/h6-7,9,12,14H,4-5,8H2,1-3H3. The highest BCUT2D eigenvalue weighted by atomic mass is 32.1. The fraction of sp³-hybridized carbons (Fsp3) is 0.538. The summed E-state index contributed by atoms with van der Waals surface area (Å²) in [4.78, 5) is 4.38. The lowest BCUT2D eigenvalue weighted by molar-refractivity contribution is 0.526. The van der Waals surface area contributed by atoms with Gasteiger partial charge in [-0.15, -0.1) is 11.3 Å². The van der Waals surface area contributed by atoms with E-state index in [1.165, 1.54) is 10.6 Å². The number of nitrogens with zero attached hydrogens (tertiary/aromatic N) is 3. The molecule has 98 valence electrons. The zero-order chi connectivity index (χ0) is 13.0. The summed E-state index contributed by atoms with van der Waals surface area (Å²) in [6.45, 7) is 5.27. The van der Waals surface area contributed by atoms with Crippen LogP contribution in [0.15, 0.2) is 17.8 Å². The average Bonchev–Trinajstić information content (AvgIpc) is 2.94. The molecule has 4 nitrogen and oxygen atoms in total. The Hall–Kier alpha value is -1.20.